The van der Waals surface area contributed by atoms with Crippen LogP contribution in [0.2, 0.25) is 10.0 Å². The average Bonchev–Trinajstić information content (AvgIpc) is 3.26. The predicted octanol–water partition coefficient (Wildman–Crippen LogP) is 4.63. The summed E-state index contributed by atoms with van der Waals surface area (Å²) in [4.78, 5) is 16.1. The molecule has 1 N–H and O–H groups in total. The number of anilines is 1. The summed E-state index contributed by atoms with van der Waals surface area (Å²) in [6.45, 7) is 4.27. The molecular formula is C16H13Cl2N5OS2. The Labute approximate surface area is 168 Å². The molecule has 0 spiro atoms. The number of thiazole rings is 1. The van der Waals surface area contributed by atoms with Gasteiger partial charge in [-0.1, -0.05) is 41.0 Å². The second kappa shape index (κ2) is 8.68. The third-order valence-corrected chi connectivity index (χ3v) is 5.61. The van der Waals surface area contributed by atoms with E-state index >= 15 is 0 Å². The Hall–Kier alpha value is -1.87. The van der Waals surface area contributed by atoms with E-state index in [0.29, 0.717) is 32.7 Å². The minimum Gasteiger partial charge on any atom is -0.301 e. The molecule has 0 radical (unpaired) electrons. The second-order valence-corrected chi connectivity index (χ2v) is 7.66. The highest BCUT2D eigenvalue weighted by molar-refractivity contribution is 7.99. The molecule has 0 aliphatic heterocycles. The van der Waals surface area contributed by atoms with Crippen LogP contribution >= 0.6 is 46.3 Å². The molecule has 0 unspecified atom stereocenters. The number of hydrogen-bond acceptors (Lipinski definition) is 6. The molecule has 0 aliphatic rings. The van der Waals surface area contributed by atoms with Crippen molar-refractivity contribution in [1.82, 2.24) is 19.7 Å². The first-order valence-corrected chi connectivity index (χ1v) is 10.0. The Balaban J connectivity index is 1.77. The highest BCUT2D eigenvalue weighted by Gasteiger charge is 2.16. The molecule has 0 aliphatic carbocycles. The molecule has 3 aromatic rings. The zero-order valence-electron chi connectivity index (χ0n) is 13.4. The van der Waals surface area contributed by atoms with Crippen LogP contribution in [0.4, 0.5) is 5.13 Å². The molecule has 0 saturated carbocycles. The third-order valence-electron chi connectivity index (χ3n) is 3.22. The molecule has 26 heavy (non-hydrogen) atoms. The lowest BCUT2D eigenvalue weighted by Gasteiger charge is -2.08. The van der Waals surface area contributed by atoms with Gasteiger partial charge >= 0.3 is 0 Å². The van der Waals surface area contributed by atoms with Crippen molar-refractivity contribution in [2.24, 2.45) is 0 Å². The second-order valence-electron chi connectivity index (χ2n) is 5.01. The molecule has 1 amide bonds. The van der Waals surface area contributed by atoms with Crippen molar-refractivity contribution in [3.05, 3.63) is 52.5 Å². The van der Waals surface area contributed by atoms with Crippen LogP contribution in [0.25, 0.3) is 11.4 Å². The van der Waals surface area contributed by atoms with E-state index in [1.54, 1.807) is 29.8 Å². The van der Waals surface area contributed by atoms with Crippen molar-refractivity contribution in [2.45, 2.75) is 11.7 Å². The van der Waals surface area contributed by atoms with Crippen molar-refractivity contribution in [3.63, 3.8) is 0 Å². The fourth-order valence-electron chi connectivity index (χ4n) is 2.11. The summed E-state index contributed by atoms with van der Waals surface area (Å²) in [6.07, 6.45) is 3.38. The number of aromatic nitrogens is 4. The fraction of sp³-hybridized carbons (Fsp3) is 0.125. The minimum absolute atomic E-state index is 0.158. The van der Waals surface area contributed by atoms with Crippen molar-refractivity contribution in [3.8, 4) is 11.4 Å². The maximum atomic E-state index is 12.0. The highest BCUT2D eigenvalue weighted by Crippen LogP contribution is 2.29. The van der Waals surface area contributed by atoms with Gasteiger partial charge in [0.25, 0.3) is 0 Å². The van der Waals surface area contributed by atoms with Crippen LogP contribution in [-0.2, 0) is 11.3 Å². The molecule has 10 heteroatoms. The van der Waals surface area contributed by atoms with Crippen LogP contribution in [0.5, 0.6) is 0 Å². The SMILES string of the molecule is C=CCn1c(SCC(=O)Nc2nccs2)nnc1-c1ccc(Cl)c(Cl)c1. The molecule has 2 heterocycles. The van der Waals surface area contributed by atoms with Gasteiger partial charge in [0, 0.05) is 23.7 Å². The van der Waals surface area contributed by atoms with E-state index < -0.39 is 0 Å². The highest BCUT2D eigenvalue weighted by atomic mass is 35.5. The van der Waals surface area contributed by atoms with Crippen LogP contribution in [0.15, 0.2) is 47.6 Å². The molecule has 1 aromatic carbocycles. The first-order chi connectivity index (χ1) is 12.6. The van der Waals surface area contributed by atoms with E-state index in [-0.39, 0.29) is 11.7 Å². The van der Waals surface area contributed by atoms with Crippen LogP contribution in [0, 0.1) is 0 Å². The van der Waals surface area contributed by atoms with Crippen LogP contribution in [0.3, 0.4) is 0 Å². The normalized spacial score (nSPS) is 10.7. The van der Waals surface area contributed by atoms with E-state index in [0.717, 1.165) is 5.56 Å². The van der Waals surface area contributed by atoms with Crippen molar-refractivity contribution >= 4 is 57.3 Å². The lowest BCUT2D eigenvalue weighted by Crippen LogP contribution is -2.14. The van der Waals surface area contributed by atoms with Gasteiger partial charge in [-0.05, 0) is 18.2 Å². The van der Waals surface area contributed by atoms with Crippen LogP contribution in [-0.4, -0.2) is 31.4 Å². The Kier molecular flexibility index (Phi) is 6.31. The average molecular weight is 426 g/mol. The number of carbonyl (C=O) groups is 1. The van der Waals surface area contributed by atoms with E-state index in [1.165, 1.54) is 23.1 Å². The number of thioether (sulfide) groups is 1. The maximum absolute atomic E-state index is 12.0. The number of carbonyl (C=O) groups excluding carboxylic acids is 1. The summed E-state index contributed by atoms with van der Waals surface area (Å²) in [7, 11) is 0. The fourth-order valence-corrected chi connectivity index (χ4v) is 3.70. The molecule has 134 valence electrons. The van der Waals surface area contributed by atoms with E-state index in [9.17, 15) is 4.79 Å². The van der Waals surface area contributed by atoms with Gasteiger partial charge in [-0.25, -0.2) is 4.98 Å². The largest absolute Gasteiger partial charge is 0.301 e. The number of allylic oxidation sites excluding steroid dienone is 1. The Bertz CT molecular complexity index is 927. The number of nitrogens with zero attached hydrogens (tertiary/aromatic N) is 4. The first kappa shape index (κ1) is 18.9. The standard InChI is InChI=1S/C16H13Cl2N5OS2/c1-2-6-23-14(10-3-4-11(17)12(18)8-10)21-22-16(23)26-9-13(24)20-15-19-5-7-25-15/h2-5,7-8H,1,6,9H2,(H,19,20,24). The first-order valence-electron chi connectivity index (χ1n) is 7.40. The van der Waals surface area contributed by atoms with Crippen molar-refractivity contribution < 1.29 is 4.79 Å². The Morgan fingerprint density at radius 2 is 2.19 bits per heavy atom. The molecule has 0 saturated heterocycles. The summed E-state index contributed by atoms with van der Waals surface area (Å²) < 4.78 is 1.87. The number of hydrogen-bond donors (Lipinski definition) is 1. The summed E-state index contributed by atoms with van der Waals surface area (Å²) in [5.74, 6) is 0.663. The van der Waals surface area contributed by atoms with Crippen LogP contribution < -0.4 is 5.32 Å². The zero-order chi connectivity index (χ0) is 18.5. The minimum atomic E-state index is -0.158. The molecule has 0 bridgehead atoms. The predicted molar refractivity (Wildman–Crippen MR) is 107 cm³/mol. The molecule has 3 rings (SSSR count). The smallest absolute Gasteiger partial charge is 0.236 e. The molecule has 2 aromatic heterocycles. The van der Waals surface area contributed by atoms with Gasteiger partial charge in [0.05, 0.1) is 15.8 Å². The number of halogens is 2. The number of benzene rings is 1. The third kappa shape index (κ3) is 4.45. The Morgan fingerprint density at radius 1 is 1.35 bits per heavy atom. The van der Waals surface area contributed by atoms with E-state index in [2.05, 4.69) is 27.1 Å². The molecule has 0 fully saturated rings. The summed E-state index contributed by atoms with van der Waals surface area (Å²) >= 11 is 14.7. The van der Waals surface area contributed by atoms with E-state index in [4.69, 9.17) is 23.2 Å². The molecule has 6 nitrogen and oxygen atoms in total. The van der Waals surface area contributed by atoms with Crippen molar-refractivity contribution in [2.75, 3.05) is 11.1 Å². The zero-order valence-corrected chi connectivity index (χ0v) is 16.5. The van der Waals surface area contributed by atoms with Crippen molar-refractivity contribution in [1.29, 1.82) is 0 Å². The number of amides is 1. The lowest BCUT2D eigenvalue weighted by atomic mass is 10.2. The van der Waals surface area contributed by atoms with Gasteiger partial charge in [0.15, 0.2) is 16.1 Å². The van der Waals surface area contributed by atoms with Gasteiger partial charge in [-0.3, -0.25) is 9.36 Å². The van der Waals surface area contributed by atoms with Gasteiger partial charge in [-0.15, -0.1) is 28.1 Å². The van der Waals surface area contributed by atoms with Crippen LogP contribution in [0.1, 0.15) is 0 Å². The quantitative estimate of drug-likeness (QED) is 0.441. The van der Waals surface area contributed by atoms with E-state index in [1.807, 2.05) is 10.6 Å². The topological polar surface area (TPSA) is 72.7 Å². The number of rotatable bonds is 7. The van der Waals surface area contributed by atoms with Gasteiger partial charge in [0.1, 0.15) is 0 Å². The van der Waals surface area contributed by atoms with Gasteiger partial charge in [0.2, 0.25) is 5.91 Å². The van der Waals surface area contributed by atoms with Gasteiger partial charge < -0.3 is 5.32 Å². The lowest BCUT2D eigenvalue weighted by molar-refractivity contribution is -0.113. The number of nitrogens with one attached hydrogen (secondary N) is 1. The Morgan fingerprint density at radius 3 is 2.88 bits per heavy atom. The summed E-state index contributed by atoms with van der Waals surface area (Å²) in [5.41, 5.74) is 0.785. The summed E-state index contributed by atoms with van der Waals surface area (Å²) in [5, 5.41) is 15.0. The maximum Gasteiger partial charge on any atom is 0.236 e. The monoisotopic (exact) mass is 425 g/mol. The summed E-state index contributed by atoms with van der Waals surface area (Å²) in [6, 6.07) is 5.26. The molecular weight excluding hydrogens is 413 g/mol. The van der Waals surface area contributed by atoms with Gasteiger partial charge in [-0.2, -0.15) is 0 Å². The molecule has 0 atom stereocenters.